The summed E-state index contributed by atoms with van der Waals surface area (Å²) >= 11 is 2.18. The Bertz CT molecular complexity index is 1170. The van der Waals surface area contributed by atoms with E-state index in [0.717, 1.165) is 20.3 Å². The van der Waals surface area contributed by atoms with Crippen LogP contribution in [0.1, 0.15) is 38.1 Å². The van der Waals surface area contributed by atoms with E-state index in [4.69, 9.17) is 0 Å². The van der Waals surface area contributed by atoms with Crippen LogP contribution in [0.5, 0.6) is 0 Å². The first-order valence-corrected chi connectivity index (χ1v) is 10.0. The normalized spacial score (nSPS) is 15.9. The van der Waals surface area contributed by atoms with Crippen molar-refractivity contribution < 1.29 is 0 Å². The van der Waals surface area contributed by atoms with Gasteiger partial charge in [-0.15, -0.1) is 0 Å². The summed E-state index contributed by atoms with van der Waals surface area (Å²) in [6.07, 6.45) is 9.84. The third-order valence-corrected chi connectivity index (χ3v) is 6.17. The van der Waals surface area contributed by atoms with E-state index >= 15 is 0 Å². The number of H-pyrrole nitrogens is 1. The molecule has 0 atom stereocenters. The van der Waals surface area contributed by atoms with Gasteiger partial charge in [0.15, 0.2) is 0 Å². The molecule has 7 heteroatoms. The molecule has 3 heterocycles. The highest BCUT2D eigenvalue weighted by Crippen LogP contribution is 2.32. The van der Waals surface area contributed by atoms with Gasteiger partial charge in [0.05, 0.1) is 23.1 Å². The molecule has 1 saturated carbocycles. The van der Waals surface area contributed by atoms with E-state index in [-0.39, 0.29) is 5.56 Å². The number of fused-ring (bicyclic) bond motifs is 2. The number of aromatic amines is 1. The first-order valence-electron chi connectivity index (χ1n) is 8.94. The SMILES string of the molecule is O=c1[nH]cnn2c(-c3ccc4c(c3)ncn4C3CCCCC3)cc(I)c12. The van der Waals surface area contributed by atoms with Crippen LogP contribution in [0.3, 0.4) is 0 Å². The van der Waals surface area contributed by atoms with Gasteiger partial charge >= 0.3 is 0 Å². The zero-order valence-corrected chi connectivity index (χ0v) is 16.3. The van der Waals surface area contributed by atoms with Gasteiger partial charge in [-0.1, -0.05) is 25.3 Å². The van der Waals surface area contributed by atoms with Crippen molar-refractivity contribution in [1.82, 2.24) is 24.1 Å². The van der Waals surface area contributed by atoms with Crippen molar-refractivity contribution in [2.75, 3.05) is 0 Å². The topological polar surface area (TPSA) is 68.0 Å². The number of hydrogen-bond donors (Lipinski definition) is 1. The van der Waals surface area contributed by atoms with Gasteiger partial charge in [0.2, 0.25) is 0 Å². The lowest BCUT2D eigenvalue weighted by atomic mass is 9.95. The van der Waals surface area contributed by atoms with Crippen LogP contribution < -0.4 is 5.56 Å². The average molecular weight is 459 g/mol. The second-order valence-electron chi connectivity index (χ2n) is 6.90. The Kier molecular flexibility index (Phi) is 3.84. The van der Waals surface area contributed by atoms with Gasteiger partial charge in [-0.25, -0.2) is 9.50 Å². The number of hydrogen-bond acceptors (Lipinski definition) is 3. The molecule has 4 aromatic rings. The Morgan fingerprint density at radius 2 is 2.00 bits per heavy atom. The molecule has 0 bridgehead atoms. The molecule has 5 rings (SSSR count). The highest BCUT2D eigenvalue weighted by Gasteiger charge is 2.18. The van der Waals surface area contributed by atoms with Crippen molar-refractivity contribution in [2.24, 2.45) is 0 Å². The van der Waals surface area contributed by atoms with Crippen LogP contribution in [0, 0.1) is 3.57 Å². The predicted octanol–water partition coefficient (Wildman–Crippen LogP) is 4.15. The highest BCUT2D eigenvalue weighted by molar-refractivity contribution is 14.1. The lowest BCUT2D eigenvalue weighted by Gasteiger charge is -2.23. The van der Waals surface area contributed by atoms with Crippen LogP contribution in [0.15, 0.2) is 41.7 Å². The van der Waals surface area contributed by atoms with Crippen LogP contribution in [0.2, 0.25) is 0 Å². The van der Waals surface area contributed by atoms with Crippen LogP contribution in [-0.2, 0) is 0 Å². The van der Waals surface area contributed by atoms with E-state index in [1.165, 1.54) is 43.9 Å². The van der Waals surface area contributed by atoms with E-state index in [1.807, 2.05) is 12.4 Å². The van der Waals surface area contributed by atoms with Gasteiger partial charge in [-0.2, -0.15) is 5.10 Å². The van der Waals surface area contributed by atoms with Gasteiger partial charge in [0, 0.05) is 15.2 Å². The third-order valence-electron chi connectivity index (χ3n) is 5.35. The number of halogens is 1. The molecule has 0 spiro atoms. The van der Waals surface area contributed by atoms with Gasteiger partial charge in [0.25, 0.3) is 5.56 Å². The molecule has 0 unspecified atom stereocenters. The van der Waals surface area contributed by atoms with E-state index in [0.29, 0.717) is 11.6 Å². The minimum atomic E-state index is -0.127. The Balaban J connectivity index is 1.63. The summed E-state index contributed by atoms with van der Waals surface area (Å²) in [7, 11) is 0. The minimum Gasteiger partial charge on any atom is -0.327 e. The number of nitrogens with one attached hydrogen (secondary N) is 1. The molecular formula is C19H18IN5O. The standard InChI is InChI=1S/C19H18IN5O/c20-14-9-17(25-18(14)19(26)21-10-23-25)12-6-7-16-15(8-12)22-11-24(16)13-4-2-1-3-5-13/h6-11,13H,1-5H2,(H,21,23,26). The second kappa shape index (κ2) is 6.22. The van der Waals surface area contributed by atoms with E-state index in [9.17, 15) is 4.79 Å². The molecule has 0 amide bonds. The molecule has 0 aliphatic heterocycles. The molecule has 26 heavy (non-hydrogen) atoms. The largest absolute Gasteiger partial charge is 0.327 e. The Morgan fingerprint density at radius 3 is 2.85 bits per heavy atom. The van der Waals surface area contributed by atoms with Crippen LogP contribution in [0.25, 0.3) is 27.8 Å². The fourth-order valence-corrected chi connectivity index (χ4v) is 4.82. The first kappa shape index (κ1) is 16.0. The van der Waals surface area contributed by atoms with Crippen molar-refractivity contribution in [1.29, 1.82) is 0 Å². The van der Waals surface area contributed by atoms with Gasteiger partial charge in [-0.3, -0.25) is 4.79 Å². The molecule has 1 N–H and O–H groups in total. The molecule has 0 saturated heterocycles. The summed E-state index contributed by atoms with van der Waals surface area (Å²) in [6, 6.07) is 8.90. The Labute approximate surface area is 163 Å². The van der Waals surface area contributed by atoms with Crippen LogP contribution in [-0.4, -0.2) is 24.1 Å². The predicted molar refractivity (Wildman–Crippen MR) is 109 cm³/mol. The minimum absolute atomic E-state index is 0.127. The fraction of sp³-hybridized carbons (Fsp3) is 0.316. The maximum Gasteiger partial charge on any atom is 0.276 e. The number of rotatable bonds is 2. The molecule has 3 aromatic heterocycles. The van der Waals surface area contributed by atoms with Crippen LogP contribution in [0.4, 0.5) is 0 Å². The molecular weight excluding hydrogens is 441 g/mol. The lowest BCUT2D eigenvalue weighted by molar-refractivity contribution is 0.359. The molecule has 1 aromatic carbocycles. The maximum absolute atomic E-state index is 12.1. The summed E-state index contributed by atoms with van der Waals surface area (Å²) in [5, 5.41) is 4.33. The fourth-order valence-electron chi connectivity index (χ4n) is 4.06. The molecule has 1 fully saturated rings. The summed E-state index contributed by atoms with van der Waals surface area (Å²) in [5.74, 6) is 0. The smallest absolute Gasteiger partial charge is 0.276 e. The van der Waals surface area contributed by atoms with Crippen molar-refractivity contribution in [2.45, 2.75) is 38.1 Å². The van der Waals surface area contributed by atoms with Gasteiger partial charge in [0.1, 0.15) is 11.8 Å². The molecule has 1 aliphatic carbocycles. The summed E-state index contributed by atoms with van der Waals surface area (Å²) in [4.78, 5) is 19.4. The number of aromatic nitrogens is 5. The first-order chi connectivity index (χ1) is 12.7. The number of nitrogens with zero attached hydrogens (tertiary/aromatic N) is 4. The summed E-state index contributed by atoms with van der Waals surface area (Å²) < 4.78 is 4.93. The Morgan fingerprint density at radius 1 is 1.15 bits per heavy atom. The Hall–Kier alpha value is -2.16. The molecule has 0 radical (unpaired) electrons. The van der Waals surface area contributed by atoms with Crippen molar-refractivity contribution in [3.05, 3.63) is 50.8 Å². The number of imidazole rings is 1. The summed E-state index contributed by atoms with van der Waals surface area (Å²) in [6.45, 7) is 0. The summed E-state index contributed by atoms with van der Waals surface area (Å²) in [5.41, 5.74) is 4.55. The molecule has 6 nitrogen and oxygen atoms in total. The van der Waals surface area contributed by atoms with Crippen molar-refractivity contribution in [3.63, 3.8) is 0 Å². The van der Waals surface area contributed by atoms with Crippen molar-refractivity contribution in [3.8, 4) is 11.3 Å². The quantitative estimate of drug-likeness (QED) is 0.458. The second-order valence-corrected chi connectivity index (χ2v) is 8.07. The van der Waals surface area contributed by atoms with E-state index < -0.39 is 0 Å². The third kappa shape index (κ3) is 2.48. The average Bonchev–Trinajstić information content (AvgIpc) is 3.24. The van der Waals surface area contributed by atoms with Crippen molar-refractivity contribution >= 4 is 39.1 Å². The lowest BCUT2D eigenvalue weighted by Crippen LogP contribution is -2.11. The highest BCUT2D eigenvalue weighted by atomic mass is 127. The van der Waals surface area contributed by atoms with Gasteiger partial charge < -0.3 is 9.55 Å². The number of benzene rings is 1. The zero-order valence-electron chi connectivity index (χ0n) is 14.2. The van der Waals surface area contributed by atoms with E-state index in [1.54, 1.807) is 4.52 Å². The molecule has 1 aliphatic rings. The maximum atomic E-state index is 12.1. The molecule has 132 valence electrons. The van der Waals surface area contributed by atoms with Gasteiger partial charge in [-0.05, 0) is 53.6 Å². The van der Waals surface area contributed by atoms with Crippen LogP contribution >= 0.6 is 22.6 Å². The van der Waals surface area contributed by atoms with E-state index in [2.05, 4.69) is 60.4 Å². The monoisotopic (exact) mass is 459 g/mol. The zero-order chi connectivity index (χ0) is 17.7.